The molecule has 0 N–H and O–H groups in total. The molecule has 17 heavy (non-hydrogen) atoms. The zero-order chi connectivity index (χ0) is 12.1. The lowest BCUT2D eigenvalue weighted by Crippen LogP contribution is -2.34. The molecule has 0 amide bonds. The SMILES string of the molecule is CC(=O)CC(c1ccncc1)N1CCCCC1. The summed E-state index contributed by atoms with van der Waals surface area (Å²) in [5.74, 6) is 0.261. The maximum Gasteiger partial charge on any atom is 0.131 e. The zero-order valence-corrected chi connectivity index (χ0v) is 10.4. The Hall–Kier alpha value is -1.22. The fraction of sp³-hybridized carbons (Fsp3) is 0.571. The fourth-order valence-electron chi connectivity index (χ4n) is 2.55. The van der Waals surface area contributed by atoms with Crippen LogP contribution in [0.2, 0.25) is 0 Å². The minimum Gasteiger partial charge on any atom is -0.300 e. The molecule has 1 atom stereocenters. The number of carbonyl (C=O) groups excluding carboxylic acids is 1. The first-order chi connectivity index (χ1) is 8.27. The summed E-state index contributed by atoms with van der Waals surface area (Å²) in [6.45, 7) is 3.90. The number of ketones is 1. The van der Waals surface area contributed by atoms with Gasteiger partial charge in [0.25, 0.3) is 0 Å². The Morgan fingerprint density at radius 2 is 1.94 bits per heavy atom. The maximum absolute atomic E-state index is 11.4. The molecule has 2 heterocycles. The molecule has 1 aromatic heterocycles. The van der Waals surface area contributed by atoms with Gasteiger partial charge < -0.3 is 0 Å². The van der Waals surface area contributed by atoms with Gasteiger partial charge in [0.05, 0.1) is 0 Å². The molecule has 1 fully saturated rings. The van der Waals surface area contributed by atoms with Gasteiger partial charge in [-0.2, -0.15) is 0 Å². The average molecular weight is 232 g/mol. The second-order valence-electron chi connectivity index (χ2n) is 4.80. The number of piperidine rings is 1. The summed E-state index contributed by atoms with van der Waals surface area (Å²) in [6, 6.07) is 4.31. The first-order valence-electron chi connectivity index (χ1n) is 6.41. The zero-order valence-electron chi connectivity index (χ0n) is 10.4. The molecular formula is C14H20N2O. The molecule has 92 valence electrons. The molecule has 0 spiro atoms. The largest absolute Gasteiger partial charge is 0.300 e. The summed E-state index contributed by atoms with van der Waals surface area (Å²) in [4.78, 5) is 17.9. The van der Waals surface area contributed by atoms with E-state index in [9.17, 15) is 4.79 Å². The lowest BCUT2D eigenvalue weighted by atomic mass is 9.98. The van der Waals surface area contributed by atoms with E-state index in [-0.39, 0.29) is 11.8 Å². The summed E-state index contributed by atoms with van der Waals surface area (Å²) >= 11 is 0. The highest BCUT2D eigenvalue weighted by atomic mass is 16.1. The Morgan fingerprint density at radius 3 is 2.53 bits per heavy atom. The lowest BCUT2D eigenvalue weighted by molar-refractivity contribution is -0.118. The minimum absolute atomic E-state index is 0.246. The standard InChI is InChI=1S/C14H20N2O/c1-12(17)11-14(13-5-7-15-8-6-13)16-9-3-2-4-10-16/h5-8,14H,2-4,9-11H2,1H3. The first kappa shape index (κ1) is 12.2. The number of likely N-dealkylation sites (tertiary alicyclic amines) is 1. The van der Waals surface area contributed by atoms with Crippen molar-refractivity contribution < 1.29 is 4.79 Å². The van der Waals surface area contributed by atoms with Gasteiger partial charge in [0.15, 0.2) is 0 Å². The second-order valence-corrected chi connectivity index (χ2v) is 4.80. The predicted octanol–water partition coefficient (Wildman–Crippen LogP) is 2.59. The van der Waals surface area contributed by atoms with Crippen LogP contribution in [0.3, 0.4) is 0 Å². The summed E-state index contributed by atoms with van der Waals surface area (Å²) < 4.78 is 0. The molecule has 1 aliphatic heterocycles. The number of aromatic nitrogens is 1. The van der Waals surface area contributed by atoms with Crippen molar-refractivity contribution in [1.29, 1.82) is 0 Å². The minimum atomic E-state index is 0.246. The van der Waals surface area contributed by atoms with Gasteiger partial charge >= 0.3 is 0 Å². The van der Waals surface area contributed by atoms with Crippen molar-refractivity contribution in [3.05, 3.63) is 30.1 Å². The Morgan fingerprint density at radius 1 is 1.29 bits per heavy atom. The van der Waals surface area contributed by atoms with Crippen LogP contribution in [0, 0.1) is 0 Å². The van der Waals surface area contributed by atoms with Gasteiger partial charge in [0, 0.05) is 24.9 Å². The Labute approximate surface area is 103 Å². The number of nitrogens with zero attached hydrogens (tertiary/aromatic N) is 2. The van der Waals surface area contributed by atoms with E-state index in [1.807, 2.05) is 24.5 Å². The highest BCUT2D eigenvalue weighted by Crippen LogP contribution is 2.27. The third kappa shape index (κ3) is 3.37. The Kier molecular flexibility index (Phi) is 4.26. The van der Waals surface area contributed by atoms with E-state index in [1.54, 1.807) is 6.92 Å². The molecule has 1 aromatic rings. The number of rotatable bonds is 4. The topological polar surface area (TPSA) is 33.2 Å². The van der Waals surface area contributed by atoms with Gasteiger partial charge in [-0.15, -0.1) is 0 Å². The average Bonchev–Trinajstić information content (AvgIpc) is 2.38. The number of Topliss-reactive ketones (excluding diaryl/α,β-unsaturated/α-hetero) is 1. The van der Waals surface area contributed by atoms with Crippen LogP contribution in [0.4, 0.5) is 0 Å². The van der Waals surface area contributed by atoms with Crippen molar-refractivity contribution in [1.82, 2.24) is 9.88 Å². The highest BCUT2D eigenvalue weighted by molar-refractivity contribution is 5.76. The van der Waals surface area contributed by atoms with Gasteiger partial charge in [-0.3, -0.25) is 14.7 Å². The lowest BCUT2D eigenvalue weighted by Gasteiger charge is -2.34. The van der Waals surface area contributed by atoms with Gasteiger partial charge in [0.1, 0.15) is 5.78 Å². The predicted molar refractivity (Wildman–Crippen MR) is 67.7 cm³/mol. The normalized spacial score (nSPS) is 18.9. The smallest absolute Gasteiger partial charge is 0.131 e. The summed E-state index contributed by atoms with van der Waals surface area (Å²) in [5, 5.41) is 0. The number of pyridine rings is 1. The van der Waals surface area contributed by atoms with Crippen LogP contribution in [0.1, 0.15) is 44.2 Å². The Balaban J connectivity index is 2.15. The molecule has 1 aliphatic rings. The number of carbonyl (C=O) groups is 1. The van der Waals surface area contributed by atoms with E-state index in [0.717, 1.165) is 13.1 Å². The first-order valence-corrected chi connectivity index (χ1v) is 6.41. The van der Waals surface area contributed by atoms with Gasteiger partial charge in [-0.1, -0.05) is 6.42 Å². The van der Waals surface area contributed by atoms with Crippen molar-refractivity contribution in [2.75, 3.05) is 13.1 Å². The van der Waals surface area contributed by atoms with Crippen LogP contribution in [0.5, 0.6) is 0 Å². The highest BCUT2D eigenvalue weighted by Gasteiger charge is 2.23. The molecule has 1 saturated heterocycles. The molecule has 0 aromatic carbocycles. The summed E-state index contributed by atoms with van der Waals surface area (Å²) in [7, 11) is 0. The van der Waals surface area contributed by atoms with Crippen molar-refractivity contribution in [3.8, 4) is 0 Å². The van der Waals surface area contributed by atoms with E-state index in [0.29, 0.717) is 6.42 Å². The van der Waals surface area contributed by atoms with Crippen LogP contribution in [0.25, 0.3) is 0 Å². The molecule has 0 aliphatic carbocycles. The molecule has 3 heteroatoms. The van der Waals surface area contributed by atoms with Gasteiger partial charge in [-0.05, 0) is 50.6 Å². The van der Waals surface area contributed by atoms with Crippen molar-refractivity contribution >= 4 is 5.78 Å². The van der Waals surface area contributed by atoms with Crippen molar-refractivity contribution in [2.24, 2.45) is 0 Å². The van der Waals surface area contributed by atoms with E-state index in [1.165, 1.54) is 24.8 Å². The number of hydrogen-bond acceptors (Lipinski definition) is 3. The van der Waals surface area contributed by atoms with E-state index in [2.05, 4.69) is 9.88 Å². The number of hydrogen-bond donors (Lipinski definition) is 0. The second kappa shape index (κ2) is 5.92. The molecule has 1 unspecified atom stereocenters. The van der Waals surface area contributed by atoms with Crippen LogP contribution in [-0.2, 0) is 4.79 Å². The quantitative estimate of drug-likeness (QED) is 0.800. The third-order valence-corrected chi connectivity index (χ3v) is 3.40. The molecule has 3 nitrogen and oxygen atoms in total. The van der Waals surface area contributed by atoms with Crippen molar-refractivity contribution in [3.63, 3.8) is 0 Å². The van der Waals surface area contributed by atoms with Crippen LogP contribution in [-0.4, -0.2) is 28.8 Å². The maximum atomic E-state index is 11.4. The molecular weight excluding hydrogens is 212 g/mol. The van der Waals surface area contributed by atoms with E-state index in [4.69, 9.17) is 0 Å². The molecule has 2 rings (SSSR count). The third-order valence-electron chi connectivity index (χ3n) is 3.40. The molecule has 0 bridgehead atoms. The van der Waals surface area contributed by atoms with Crippen LogP contribution in [0.15, 0.2) is 24.5 Å². The van der Waals surface area contributed by atoms with Crippen molar-refractivity contribution in [2.45, 2.75) is 38.6 Å². The van der Waals surface area contributed by atoms with E-state index < -0.39 is 0 Å². The fourth-order valence-corrected chi connectivity index (χ4v) is 2.55. The molecule has 0 radical (unpaired) electrons. The van der Waals surface area contributed by atoms with Gasteiger partial charge in [0.2, 0.25) is 0 Å². The van der Waals surface area contributed by atoms with Crippen LogP contribution < -0.4 is 0 Å². The monoisotopic (exact) mass is 232 g/mol. The Bertz CT molecular complexity index is 358. The summed E-state index contributed by atoms with van der Waals surface area (Å²) in [6.07, 6.45) is 8.06. The van der Waals surface area contributed by atoms with Gasteiger partial charge in [-0.25, -0.2) is 0 Å². The summed E-state index contributed by atoms with van der Waals surface area (Å²) in [5.41, 5.74) is 1.22. The molecule has 0 saturated carbocycles. The van der Waals surface area contributed by atoms with E-state index >= 15 is 0 Å². The van der Waals surface area contributed by atoms with Crippen LogP contribution >= 0.6 is 0 Å².